The molecule has 3 N–H and O–H groups in total. The molecule has 3 nitrogen and oxygen atoms in total. The van der Waals surface area contributed by atoms with Crippen LogP contribution in [0.25, 0.3) is 77.3 Å². The van der Waals surface area contributed by atoms with Crippen LogP contribution in [-0.4, -0.2) is 4.57 Å². The summed E-state index contributed by atoms with van der Waals surface area (Å²) in [5.41, 5.74) is 25.0. The van der Waals surface area contributed by atoms with Crippen molar-refractivity contribution in [3.8, 4) is 39.1 Å². The Kier molecular flexibility index (Phi) is 9.21. The van der Waals surface area contributed by atoms with Crippen LogP contribution in [0, 0.1) is 0 Å². The maximum atomic E-state index is 6.87. The van der Waals surface area contributed by atoms with Crippen LogP contribution >= 0.6 is 0 Å². The minimum atomic E-state index is -0.373. The van der Waals surface area contributed by atoms with Gasteiger partial charge in [-0.25, -0.2) is 0 Å². The van der Waals surface area contributed by atoms with Crippen molar-refractivity contribution >= 4 is 38.3 Å². The molecule has 0 aliphatic heterocycles. The summed E-state index contributed by atoms with van der Waals surface area (Å²) in [6, 6.07) is 74.8. The van der Waals surface area contributed by atoms with Gasteiger partial charge in [0.2, 0.25) is 0 Å². The van der Waals surface area contributed by atoms with Crippen LogP contribution in [0.5, 0.6) is 0 Å². The van der Waals surface area contributed by atoms with Crippen molar-refractivity contribution in [2.24, 2.45) is 5.73 Å². The lowest BCUT2D eigenvalue weighted by molar-refractivity contribution is 0.661. The Labute approximate surface area is 363 Å². The van der Waals surface area contributed by atoms with Gasteiger partial charge in [-0.1, -0.05) is 190 Å². The molecule has 1 heterocycles. The molecule has 3 heteroatoms. The van der Waals surface area contributed by atoms with Crippen LogP contribution in [0.15, 0.2) is 212 Å². The summed E-state index contributed by atoms with van der Waals surface area (Å²) < 4.78 is 2.38. The van der Waals surface area contributed by atoms with E-state index in [1.807, 2.05) is 18.2 Å². The molecule has 0 bridgehead atoms. The van der Waals surface area contributed by atoms with Gasteiger partial charge >= 0.3 is 0 Å². The van der Waals surface area contributed by atoms with E-state index in [-0.39, 0.29) is 11.6 Å². The Hall–Kier alpha value is -7.46. The van der Waals surface area contributed by atoms with E-state index in [1.165, 1.54) is 82.6 Å². The quantitative estimate of drug-likeness (QED) is 0.143. The monoisotopic (exact) mass is 797 g/mol. The SMILES string of the molecule is CC1(C)c2cc3ccccc3cc2-c2c(-c3ccc(/C(=C/Cc4cccc(-c5ccc6c7ccccc7n(-c7ccccc7)c6c5)c4)NC(N)c4ccccc4)cc3)cccc21. The zero-order valence-electron chi connectivity index (χ0n) is 35.0. The largest absolute Gasteiger partial charge is 0.366 e. The molecular weight excluding hydrogens is 751 g/mol. The van der Waals surface area contributed by atoms with Crippen molar-refractivity contribution in [3.05, 3.63) is 240 Å². The van der Waals surface area contributed by atoms with E-state index in [9.17, 15) is 0 Å². The highest BCUT2D eigenvalue weighted by Crippen LogP contribution is 2.53. The number of benzene rings is 9. The van der Waals surface area contributed by atoms with Crippen LogP contribution in [-0.2, 0) is 11.8 Å². The zero-order chi connectivity index (χ0) is 41.8. The molecule has 10 aromatic rings. The van der Waals surface area contributed by atoms with Crippen LogP contribution in [0.4, 0.5) is 0 Å². The summed E-state index contributed by atoms with van der Waals surface area (Å²) in [5, 5.41) is 8.77. The van der Waals surface area contributed by atoms with Gasteiger partial charge in [0, 0.05) is 27.6 Å². The van der Waals surface area contributed by atoms with E-state index in [4.69, 9.17) is 5.73 Å². The van der Waals surface area contributed by atoms with Gasteiger partial charge in [-0.15, -0.1) is 0 Å². The van der Waals surface area contributed by atoms with E-state index in [1.54, 1.807) is 0 Å². The molecule has 9 aromatic carbocycles. The van der Waals surface area contributed by atoms with Gasteiger partial charge in [-0.2, -0.15) is 0 Å². The Morgan fingerprint density at radius 2 is 1.21 bits per heavy atom. The number of hydrogen-bond donors (Lipinski definition) is 2. The first-order valence-electron chi connectivity index (χ1n) is 21.6. The molecule has 0 saturated heterocycles. The third-order valence-corrected chi connectivity index (χ3v) is 13.0. The fraction of sp³-hybridized carbons (Fsp3) is 0.0847. The van der Waals surface area contributed by atoms with Gasteiger partial charge in [0.15, 0.2) is 0 Å². The van der Waals surface area contributed by atoms with Crippen molar-refractivity contribution in [2.75, 3.05) is 0 Å². The molecule has 0 radical (unpaired) electrons. The van der Waals surface area contributed by atoms with Gasteiger partial charge in [-0.05, 0) is 115 Å². The van der Waals surface area contributed by atoms with Gasteiger partial charge in [0.1, 0.15) is 6.17 Å². The van der Waals surface area contributed by atoms with Gasteiger partial charge < -0.3 is 15.6 Å². The number of nitrogens with two attached hydrogens (primary N) is 1. The molecule has 0 saturated carbocycles. The van der Waals surface area contributed by atoms with Crippen molar-refractivity contribution < 1.29 is 0 Å². The lowest BCUT2D eigenvalue weighted by Gasteiger charge is -2.22. The summed E-state index contributed by atoms with van der Waals surface area (Å²) >= 11 is 0. The number of rotatable bonds is 9. The molecule has 62 heavy (non-hydrogen) atoms. The van der Waals surface area contributed by atoms with E-state index < -0.39 is 0 Å². The van der Waals surface area contributed by atoms with Crippen molar-refractivity contribution in [1.82, 2.24) is 9.88 Å². The summed E-state index contributed by atoms with van der Waals surface area (Å²) in [4.78, 5) is 0. The summed E-state index contributed by atoms with van der Waals surface area (Å²) in [6.45, 7) is 4.72. The Morgan fingerprint density at radius 3 is 2.02 bits per heavy atom. The van der Waals surface area contributed by atoms with Crippen LogP contribution < -0.4 is 11.1 Å². The standard InChI is InChI=1S/C59H47N3/c1-59(2)52-25-14-24-48(57(52)51-36-44-18-9-10-19-45(44)37-53(51)59)40-28-30-41(31-29-40)54(61-58(60)42-16-5-3-6-17-42)34-27-39-15-13-20-43(35-39)46-32-33-50-49-23-11-12-26-55(49)62(56(50)38-46)47-21-7-4-8-22-47/h3-26,28-38,58,61H,27,60H2,1-2H3/b54-34-. The molecule has 1 aromatic heterocycles. The zero-order valence-corrected chi connectivity index (χ0v) is 35.0. The van der Waals surface area contributed by atoms with Gasteiger partial charge in [0.05, 0.1) is 11.0 Å². The predicted octanol–water partition coefficient (Wildman–Crippen LogP) is 14.4. The number of fused-ring (bicyclic) bond motifs is 7. The normalized spacial score (nSPS) is 13.6. The predicted molar refractivity (Wildman–Crippen MR) is 261 cm³/mol. The Balaban J connectivity index is 0.942. The first kappa shape index (κ1) is 37.5. The lowest BCUT2D eigenvalue weighted by Crippen LogP contribution is -2.27. The second kappa shape index (κ2) is 15.2. The average Bonchev–Trinajstić information content (AvgIpc) is 3.77. The summed E-state index contributed by atoms with van der Waals surface area (Å²) in [5.74, 6) is 0. The molecule has 0 amide bonds. The van der Waals surface area contributed by atoms with Crippen LogP contribution in [0.2, 0.25) is 0 Å². The molecule has 0 spiro atoms. The second-order valence-corrected chi connectivity index (χ2v) is 17.2. The van der Waals surface area contributed by atoms with E-state index in [0.717, 1.165) is 28.9 Å². The maximum Gasteiger partial charge on any atom is 0.101 e. The fourth-order valence-electron chi connectivity index (χ4n) is 9.82. The molecular formula is C59H47N3. The lowest BCUT2D eigenvalue weighted by atomic mass is 9.81. The van der Waals surface area contributed by atoms with E-state index in [2.05, 4.69) is 218 Å². The third-order valence-electron chi connectivity index (χ3n) is 13.0. The summed E-state index contributed by atoms with van der Waals surface area (Å²) in [7, 11) is 0. The molecule has 1 aliphatic rings. The topological polar surface area (TPSA) is 43.0 Å². The third kappa shape index (κ3) is 6.50. The van der Waals surface area contributed by atoms with E-state index >= 15 is 0 Å². The number of nitrogens with one attached hydrogen (secondary N) is 1. The minimum absolute atomic E-state index is 0.0930. The van der Waals surface area contributed by atoms with Gasteiger partial charge in [0.25, 0.3) is 0 Å². The Morgan fingerprint density at radius 1 is 0.548 bits per heavy atom. The first-order chi connectivity index (χ1) is 30.4. The number of nitrogens with zero attached hydrogens (tertiary/aromatic N) is 1. The van der Waals surface area contributed by atoms with Crippen molar-refractivity contribution in [3.63, 3.8) is 0 Å². The first-order valence-corrected chi connectivity index (χ1v) is 21.6. The summed E-state index contributed by atoms with van der Waals surface area (Å²) in [6.07, 6.45) is 2.65. The minimum Gasteiger partial charge on any atom is -0.366 e. The maximum absolute atomic E-state index is 6.87. The number of allylic oxidation sites excluding steroid dienone is 1. The molecule has 1 atom stereocenters. The number of aromatic nitrogens is 1. The highest BCUT2D eigenvalue weighted by atomic mass is 15.0. The molecule has 1 unspecified atom stereocenters. The number of hydrogen-bond acceptors (Lipinski definition) is 2. The van der Waals surface area contributed by atoms with Crippen molar-refractivity contribution in [1.29, 1.82) is 0 Å². The smallest absolute Gasteiger partial charge is 0.101 e. The Bertz CT molecular complexity index is 3320. The van der Waals surface area contributed by atoms with Gasteiger partial charge in [-0.3, -0.25) is 0 Å². The molecule has 0 fully saturated rings. The highest BCUT2D eigenvalue weighted by molar-refractivity contribution is 6.10. The molecule has 11 rings (SSSR count). The highest BCUT2D eigenvalue weighted by Gasteiger charge is 2.37. The van der Waals surface area contributed by atoms with Crippen LogP contribution in [0.1, 0.15) is 47.8 Å². The second-order valence-electron chi connectivity index (χ2n) is 17.2. The molecule has 1 aliphatic carbocycles. The average molecular weight is 798 g/mol. The van der Waals surface area contributed by atoms with Crippen molar-refractivity contribution in [2.45, 2.75) is 31.8 Å². The molecule has 298 valence electrons. The van der Waals surface area contributed by atoms with E-state index in [0.29, 0.717) is 0 Å². The van der Waals surface area contributed by atoms with Crippen LogP contribution in [0.3, 0.4) is 0 Å². The number of para-hydroxylation sites is 2. The fourth-order valence-corrected chi connectivity index (χ4v) is 9.82.